The monoisotopic (exact) mass is 324 g/mol. The van der Waals surface area contributed by atoms with Crippen LogP contribution in [0.2, 0.25) is 0 Å². The van der Waals surface area contributed by atoms with E-state index in [1.807, 2.05) is 48.5 Å². The topological polar surface area (TPSA) is 58.6 Å². The zero-order valence-corrected chi connectivity index (χ0v) is 13.4. The Bertz CT molecular complexity index is 688. The van der Waals surface area contributed by atoms with E-state index in [1.54, 1.807) is 17.0 Å². The van der Waals surface area contributed by atoms with E-state index in [0.717, 1.165) is 12.1 Å². The first-order valence-electron chi connectivity index (χ1n) is 8.07. The number of nitrogens with zero attached hydrogens (tertiary/aromatic N) is 1. The summed E-state index contributed by atoms with van der Waals surface area (Å²) in [4.78, 5) is 26.5. The van der Waals surface area contributed by atoms with Crippen LogP contribution >= 0.6 is 0 Å². The standard InChI is InChI=1S/C19H20N2O3/c22-18(14-24-16-10-5-2-6-11-16)21-13-7-12-17(21)19(23)20-15-8-3-1-4-9-15/h1-6,8-11,17H,7,12-14H2,(H,20,23)/t17-/m1/s1. The summed E-state index contributed by atoms with van der Waals surface area (Å²) in [5.41, 5.74) is 0.738. The Hall–Kier alpha value is -2.82. The van der Waals surface area contributed by atoms with Gasteiger partial charge in [0.25, 0.3) is 5.91 Å². The molecule has 24 heavy (non-hydrogen) atoms. The highest BCUT2D eigenvalue weighted by molar-refractivity contribution is 5.97. The highest BCUT2D eigenvalue weighted by Crippen LogP contribution is 2.20. The Morgan fingerprint density at radius 2 is 1.71 bits per heavy atom. The van der Waals surface area contributed by atoms with Crippen molar-refractivity contribution in [3.05, 3.63) is 60.7 Å². The molecule has 1 aliphatic heterocycles. The first-order valence-corrected chi connectivity index (χ1v) is 8.07. The average molecular weight is 324 g/mol. The number of para-hydroxylation sites is 2. The van der Waals surface area contributed by atoms with Gasteiger partial charge in [0.1, 0.15) is 11.8 Å². The number of nitrogens with one attached hydrogen (secondary N) is 1. The number of amides is 2. The number of benzene rings is 2. The molecule has 2 amide bonds. The molecule has 5 nitrogen and oxygen atoms in total. The van der Waals surface area contributed by atoms with E-state index in [0.29, 0.717) is 18.7 Å². The lowest BCUT2D eigenvalue weighted by atomic mass is 10.2. The van der Waals surface area contributed by atoms with Crippen molar-refractivity contribution in [2.45, 2.75) is 18.9 Å². The van der Waals surface area contributed by atoms with Gasteiger partial charge in [-0.2, -0.15) is 0 Å². The Balaban J connectivity index is 1.58. The van der Waals surface area contributed by atoms with Crippen LogP contribution in [0.25, 0.3) is 0 Å². The predicted octanol–water partition coefficient (Wildman–Crippen LogP) is 2.70. The summed E-state index contributed by atoms with van der Waals surface area (Å²) in [6.45, 7) is 0.531. The number of rotatable bonds is 5. The molecular weight excluding hydrogens is 304 g/mol. The van der Waals surface area contributed by atoms with E-state index in [2.05, 4.69) is 5.32 Å². The number of carbonyl (C=O) groups is 2. The molecule has 0 bridgehead atoms. The number of ether oxygens (including phenoxy) is 1. The fourth-order valence-electron chi connectivity index (χ4n) is 2.83. The van der Waals surface area contributed by atoms with Crippen LogP contribution in [0.1, 0.15) is 12.8 Å². The van der Waals surface area contributed by atoms with Crippen molar-refractivity contribution < 1.29 is 14.3 Å². The highest BCUT2D eigenvalue weighted by atomic mass is 16.5. The van der Waals surface area contributed by atoms with Crippen LogP contribution in [0.4, 0.5) is 5.69 Å². The van der Waals surface area contributed by atoms with Crippen molar-refractivity contribution in [2.24, 2.45) is 0 Å². The molecule has 1 heterocycles. The van der Waals surface area contributed by atoms with Gasteiger partial charge in [-0.05, 0) is 37.1 Å². The number of likely N-dealkylation sites (tertiary alicyclic amines) is 1. The SMILES string of the molecule is O=C(Nc1ccccc1)[C@H]1CCCN1C(=O)COc1ccccc1. The van der Waals surface area contributed by atoms with Crippen molar-refractivity contribution in [1.82, 2.24) is 4.90 Å². The van der Waals surface area contributed by atoms with Crippen molar-refractivity contribution in [1.29, 1.82) is 0 Å². The Labute approximate surface area is 141 Å². The molecular formula is C19H20N2O3. The van der Waals surface area contributed by atoms with E-state index >= 15 is 0 Å². The molecule has 1 saturated heterocycles. The molecule has 3 rings (SSSR count). The summed E-state index contributed by atoms with van der Waals surface area (Å²) in [6.07, 6.45) is 1.50. The van der Waals surface area contributed by atoms with Gasteiger partial charge < -0.3 is 15.0 Å². The minimum Gasteiger partial charge on any atom is -0.484 e. The lowest BCUT2D eigenvalue weighted by Gasteiger charge is -2.24. The fourth-order valence-corrected chi connectivity index (χ4v) is 2.83. The van der Waals surface area contributed by atoms with Crippen LogP contribution in [0, 0.1) is 0 Å². The van der Waals surface area contributed by atoms with Crippen LogP contribution in [0.5, 0.6) is 5.75 Å². The summed E-state index contributed by atoms with van der Waals surface area (Å²) < 4.78 is 5.50. The van der Waals surface area contributed by atoms with E-state index in [4.69, 9.17) is 4.74 Å². The summed E-state index contributed by atoms with van der Waals surface area (Å²) in [5.74, 6) is 0.339. The number of carbonyl (C=O) groups excluding carboxylic acids is 2. The van der Waals surface area contributed by atoms with Crippen molar-refractivity contribution in [2.75, 3.05) is 18.5 Å². The van der Waals surface area contributed by atoms with Gasteiger partial charge in [0.05, 0.1) is 0 Å². The van der Waals surface area contributed by atoms with Gasteiger partial charge in [-0.1, -0.05) is 36.4 Å². The number of hydrogen-bond donors (Lipinski definition) is 1. The molecule has 1 N–H and O–H groups in total. The molecule has 2 aromatic carbocycles. The Morgan fingerprint density at radius 1 is 1.04 bits per heavy atom. The molecule has 0 saturated carbocycles. The van der Waals surface area contributed by atoms with Gasteiger partial charge in [0.2, 0.25) is 5.91 Å². The predicted molar refractivity (Wildman–Crippen MR) is 91.7 cm³/mol. The second-order valence-electron chi connectivity index (χ2n) is 5.70. The number of anilines is 1. The minimum atomic E-state index is -0.433. The van der Waals surface area contributed by atoms with E-state index in [1.165, 1.54) is 0 Å². The average Bonchev–Trinajstić information content (AvgIpc) is 3.11. The van der Waals surface area contributed by atoms with Crippen LogP contribution < -0.4 is 10.1 Å². The van der Waals surface area contributed by atoms with E-state index in [-0.39, 0.29) is 18.4 Å². The van der Waals surface area contributed by atoms with Gasteiger partial charge >= 0.3 is 0 Å². The zero-order valence-electron chi connectivity index (χ0n) is 13.4. The second kappa shape index (κ2) is 7.64. The van der Waals surface area contributed by atoms with Gasteiger partial charge in [-0.3, -0.25) is 9.59 Å². The summed E-state index contributed by atoms with van der Waals surface area (Å²) in [5, 5.41) is 2.87. The smallest absolute Gasteiger partial charge is 0.261 e. The van der Waals surface area contributed by atoms with Crippen LogP contribution in [-0.4, -0.2) is 35.9 Å². The maximum atomic E-state index is 12.5. The molecule has 2 aromatic rings. The first-order chi connectivity index (χ1) is 11.7. The summed E-state index contributed by atoms with van der Waals surface area (Å²) in [7, 11) is 0. The third kappa shape index (κ3) is 3.93. The second-order valence-corrected chi connectivity index (χ2v) is 5.70. The van der Waals surface area contributed by atoms with E-state index in [9.17, 15) is 9.59 Å². The molecule has 1 aliphatic rings. The Morgan fingerprint density at radius 3 is 2.42 bits per heavy atom. The highest BCUT2D eigenvalue weighted by Gasteiger charge is 2.34. The third-order valence-corrected chi connectivity index (χ3v) is 4.02. The van der Waals surface area contributed by atoms with Crippen molar-refractivity contribution >= 4 is 17.5 Å². The largest absolute Gasteiger partial charge is 0.484 e. The van der Waals surface area contributed by atoms with Crippen LogP contribution in [-0.2, 0) is 9.59 Å². The molecule has 0 aliphatic carbocycles. The fraction of sp³-hybridized carbons (Fsp3) is 0.263. The minimum absolute atomic E-state index is 0.0564. The normalized spacial score (nSPS) is 16.7. The molecule has 0 spiro atoms. The molecule has 124 valence electrons. The lowest BCUT2D eigenvalue weighted by molar-refractivity contribution is -0.138. The van der Waals surface area contributed by atoms with Gasteiger partial charge in [0.15, 0.2) is 6.61 Å². The molecule has 0 radical (unpaired) electrons. The zero-order chi connectivity index (χ0) is 16.8. The van der Waals surface area contributed by atoms with Gasteiger partial charge in [-0.15, -0.1) is 0 Å². The van der Waals surface area contributed by atoms with Crippen LogP contribution in [0.15, 0.2) is 60.7 Å². The maximum absolute atomic E-state index is 12.5. The van der Waals surface area contributed by atoms with Crippen molar-refractivity contribution in [3.63, 3.8) is 0 Å². The maximum Gasteiger partial charge on any atom is 0.261 e. The quantitative estimate of drug-likeness (QED) is 0.920. The summed E-state index contributed by atoms with van der Waals surface area (Å²) in [6, 6.07) is 18.0. The molecule has 0 aromatic heterocycles. The number of hydrogen-bond acceptors (Lipinski definition) is 3. The van der Waals surface area contributed by atoms with Crippen molar-refractivity contribution in [3.8, 4) is 5.75 Å². The third-order valence-electron chi connectivity index (χ3n) is 4.02. The first kappa shape index (κ1) is 16.1. The van der Waals surface area contributed by atoms with E-state index < -0.39 is 6.04 Å². The Kier molecular flexibility index (Phi) is 5.11. The van der Waals surface area contributed by atoms with Crippen LogP contribution in [0.3, 0.4) is 0 Å². The lowest BCUT2D eigenvalue weighted by Crippen LogP contribution is -2.45. The summed E-state index contributed by atoms with van der Waals surface area (Å²) >= 11 is 0. The molecule has 1 fully saturated rings. The molecule has 5 heteroatoms. The molecule has 0 unspecified atom stereocenters. The van der Waals surface area contributed by atoms with Gasteiger partial charge in [-0.25, -0.2) is 0 Å². The van der Waals surface area contributed by atoms with Gasteiger partial charge in [0, 0.05) is 12.2 Å². The molecule has 1 atom stereocenters.